The van der Waals surface area contributed by atoms with Crippen LogP contribution in [0.1, 0.15) is 24.6 Å². The number of rotatable bonds is 6. The Morgan fingerprint density at radius 1 is 1.13 bits per heavy atom. The van der Waals surface area contributed by atoms with Gasteiger partial charge in [-0.2, -0.15) is 4.98 Å². The molecule has 9 nitrogen and oxygen atoms in total. The van der Waals surface area contributed by atoms with Crippen molar-refractivity contribution in [3.63, 3.8) is 0 Å². The molecule has 0 N–H and O–H groups in total. The Kier molecular flexibility index (Phi) is 5.45. The van der Waals surface area contributed by atoms with Crippen molar-refractivity contribution < 1.29 is 9.26 Å². The molecule has 4 atom stereocenters. The van der Waals surface area contributed by atoms with Gasteiger partial charge in [0, 0.05) is 32.3 Å². The van der Waals surface area contributed by atoms with Crippen LogP contribution in [0.3, 0.4) is 0 Å². The third-order valence-corrected chi connectivity index (χ3v) is 6.48. The number of benzene rings is 1. The zero-order valence-corrected chi connectivity index (χ0v) is 18.3. The van der Waals surface area contributed by atoms with Crippen LogP contribution in [0.2, 0.25) is 0 Å². The second-order valence-electron chi connectivity index (χ2n) is 8.93. The molecule has 5 rings (SSSR count). The molecule has 3 aromatic rings. The van der Waals surface area contributed by atoms with E-state index in [1.807, 2.05) is 49.1 Å². The van der Waals surface area contributed by atoms with E-state index in [1.165, 1.54) is 0 Å². The summed E-state index contributed by atoms with van der Waals surface area (Å²) in [6, 6.07) is 10.1. The number of hydrogen-bond donors (Lipinski definition) is 0. The lowest BCUT2D eigenvalue weighted by Crippen LogP contribution is -2.37. The van der Waals surface area contributed by atoms with Crippen LogP contribution in [0, 0.1) is 11.8 Å². The molecule has 2 aliphatic rings. The number of ether oxygens (including phenoxy) is 1. The molecule has 9 heteroatoms. The molecule has 1 aliphatic carbocycles. The van der Waals surface area contributed by atoms with Gasteiger partial charge in [-0.15, -0.1) is 5.10 Å². The number of anilines is 1. The van der Waals surface area contributed by atoms with E-state index in [1.54, 1.807) is 7.11 Å². The van der Waals surface area contributed by atoms with Crippen LogP contribution in [0.25, 0.3) is 11.5 Å². The Labute approximate surface area is 182 Å². The minimum atomic E-state index is 0.125. The number of nitrogens with zero attached hydrogens (tertiary/aromatic N) is 7. The minimum Gasteiger partial charge on any atom is -0.379 e. The third kappa shape index (κ3) is 4.07. The fraction of sp³-hybridized carbons (Fsp3) is 0.545. The van der Waals surface area contributed by atoms with Gasteiger partial charge in [0.15, 0.2) is 0 Å². The molecule has 1 saturated heterocycles. The summed E-state index contributed by atoms with van der Waals surface area (Å²) in [5.74, 6) is 2.32. The first kappa shape index (κ1) is 20.1. The number of hydrogen-bond acceptors (Lipinski definition) is 8. The summed E-state index contributed by atoms with van der Waals surface area (Å²) < 4.78 is 13.4. The first-order chi connectivity index (χ1) is 15.1. The molecule has 0 amide bonds. The van der Waals surface area contributed by atoms with Crippen LogP contribution >= 0.6 is 0 Å². The molecule has 0 unspecified atom stereocenters. The minimum absolute atomic E-state index is 0.125. The topological polar surface area (TPSA) is 85.3 Å². The number of methoxy groups -OCH3 is 1. The van der Waals surface area contributed by atoms with Crippen LogP contribution in [-0.4, -0.2) is 70.4 Å². The molecule has 1 saturated carbocycles. The van der Waals surface area contributed by atoms with Gasteiger partial charge in [-0.3, -0.25) is 0 Å². The van der Waals surface area contributed by atoms with E-state index >= 15 is 0 Å². The van der Waals surface area contributed by atoms with Gasteiger partial charge in [0.05, 0.1) is 24.0 Å². The third-order valence-electron chi connectivity index (χ3n) is 6.48. The lowest BCUT2D eigenvalue weighted by Gasteiger charge is -2.36. The maximum Gasteiger partial charge on any atom is 0.266 e. The van der Waals surface area contributed by atoms with E-state index in [2.05, 4.69) is 36.4 Å². The predicted octanol–water partition coefficient (Wildman–Crippen LogP) is 2.49. The Hall–Kier alpha value is -2.78. The van der Waals surface area contributed by atoms with Crippen molar-refractivity contribution in [3.8, 4) is 11.5 Å². The van der Waals surface area contributed by atoms with Crippen molar-refractivity contribution in [1.82, 2.24) is 30.0 Å². The van der Waals surface area contributed by atoms with Crippen molar-refractivity contribution in [2.45, 2.75) is 31.5 Å². The Balaban J connectivity index is 1.30. The summed E-state index contributed by atoms with van der Waals surface area (Å²) in [6.45, 7) is 2.63. The fourth-order valence-electron chi connectivity index (χ4n) is 5.00. The predicted molar refractivity (Wildman–Crippen MR) is 115 cm³/mol. The molecule has 2 fully saturated rings. The van der Waals surface area contributed by atoms with Gasteiger partial charge in [0.25, 0.3) is 11.8 Å². The molecule has 2 aromatic heterocycles. The zero-order valence-electron chi connectivity index (χ0n) is 18.3. The maximum atomic E-state index is 5.89. The van der Waals surface area contributed by atoms with Gasteiger partial charge in [-0.25, -0.2) is 4.68 Å². The van der Waals surface area contributed by atoms with E-state index in [4.69, 9.17) is 9.26 Å². The van der Waals surface area contributed by atoms with Crippen LogP contribution < -0.4 is 4.90 Å². The van der Waals surface area contributed by atoms with Gasteiger partial charge in [0.2, 0.25) is 0 Å². The average Bonchev–Trinajstić information content (AvgIpc) is 3.51. The van der Waals surface area contributed by atoms with E-state index < -0.39 is 0 Å². The molecule has 1 aromatic carbocycles. The van der Waals surface area contributed by atoms with E-state index in [9.17, 15) is 0 Å². The highest BCUT2D eigenvalue weighted by molar-refractivity contribution is 5.54. The van der Waals surface area contributed by atoms with Gasteiger partial charge in [-0.1, -0.05) is 23.4 Å². The second-order valence-corrected chi connectivity index (χ2v) is 8.93. The molecule has 0 bridgehead atoms. The Bertz CT molecular complexity index is 1000. The fourth-order valence-corrected chi connectivity index (χ4v) is 5.00. The Morgan fingerprint density at radius 2 is 1.90 bits per heavy atom. The molecule has 1 aliphatic heterocycles. The van der Waals surface area contributed by atoms with Crippen LogP contribution in [0.5, 0.6) is 0 Å². The van der Waals surface area contributed by atoms with E-state index in [-0.39, 0.29) is 12.1 Å². The lowest BCUT2D eigenvalue weighted by molar-refractivity contribution is -0.00543. The van der Waals surface area contributed by atoms with Crippen LogP contribution in [0.15, 0.2) is 41.1 Å². The first-order valence-corrected chi connectivity index (χ1v) is 10.8. The van der Waals surface area contributed by atoms with Gasteiger partial charge < -0.3 is 19.1 Å². The van der Waals surface area contributed by atoms with Crippen molar-refractivity contribution in [2.75, 3.05) is 39.2 Å². The molecule has 164 valence electrons. The van der Waals surface area contributed by atoms with Gasteiger partial charge in [0.1, 0.15) is 0 Å². The van der Waals surface area contributed by atoms with Crippen molar-refractivity contribution in [3.05, 3.63) is 42.2 Å². The summed E-state index contributed by atoms with van der Waals surface area (Å²) in [6.07, 6.45) is 4.19. The molecule has 0 radical (unpaired) electrons. The quantitative estimate of drug-likeness (QED) is 0.598. The monoisotopic (exact) mass is 423 g/mol. The van der Waals surface area contributed by atoms with Crippen LogP contribution in [0.4, 0.5) is 5.95 Å². The average molecular weight is 424 g/mol. The summed E-state index contributed by atoms with van der Waals surface area (Å²) in [5, 5.41) is 13.0. The molecule has 31 heavy (non-hydrogen) atoms. The van der Waals surface area contributed by atoms with Crippen LogP contribution in [-0.2, 0) is 11.3 Å². The summed E-state index contributed by atoms with van der Waals surface area (Å²) in [7, 11) is 5.88. The lowest BCUT2D eigenvalue weighted by atomic mass is 9.77. The maximum absolute atomic E-state index is 5.89. The second kappa shape index (κ2) is 8.39. The van der Waals surface area contributed by atoms with E-state index in [0.717, 1.165) is 43.7 Å². The highest BCUT2D eigenvalue weighted by Crippen LogP contribution is 2.43. The van der Waals surface area contributed by atoms with E-state index in [0.29, 0.717) is 23.7 Å². The smallest absolute Gasteiger partial charge is 0.266 e. The zero-order chi connectivity index (χ0) is 21.4. The van der Waals surface area contributed by atoms with Crippen molar-refractivity contribution >= 4 is 5.95 Å². The highest BCUT2D eigenvalue weighted by Gasteiger charge is 2.44. The van der Waals surface area contributed by atoms with Crippen molar-refractivity contribution in [1.29, 1.82) is 0 Å². The summed E-state index contributed by atoms with van der Waals surface area (Å²) in [4.78, 5) is 9.00. The number of aromatic nitrogens is 5. The summed E-state index contributed by atoms with van der Waals surface area (Å²) in [5.41, 5.74) is 1.92. The molecular weight excluding hydrogens is 394 g/mol. The first-order valence-electron chi connectivity index (χ1n) is 10.8. The van der Waals surface area contributed by atoms with Gasteiger partial charge >= 0.3 is 0 Å². The standard InChI is InChI=1S/C22H29N7O2/c1-27(2)13-18-14-29(26-24-18)19-9-16-11-28(12-17(16)10-20(19)30-3)22-23-21(31-25-22)15-7-5-4-6-8-15/h4-8,14,16-17,19-20H,9-13H2,1-3H3/t16-,17+,19-,20-/m1/s1. The molecule has 3 heterocycles. The van der Waals surface area contributed by atoms with Crippen molar-refractivity contribution in [2.24, 2.45) is 11.8 Å². The number of fused-ring (bicyclic) bond motifs is 1. The largest absolute Gasteiger partial charge is 0.379 e. The summed E-state index contributed by atoms with van der Waals surface area (Å²) >= 11 is 0. The highest BCUT2D eigenvalue weighted by atomic mass is 16.5. The Morgan fingerprint density at radius 3 is 2.65 bits per heavy atom. The SMILES string of the molecule is CO[C@@H]1C[C@H]2CN(c3noc(-c4ccccc4)n3)C[C@H]2C[C@H]1n1cc(CN(C)C)nn1. The van der Waals surface area contributed by atoms with Gasteiger partial charge in [-0.05, 0) is 56.1 Å². The molecule has 0 spiro atoms. The molecular formula is C22H29N7O2. The normalized spacial score (nSPS) is 25.9.